The van der Waals surface area contributed by atoms with Gasteiger partial charge in [-0.1, -0.05) is 56.5 Å². The highest BCUT2D eigenvalue weighted by atomic mass is 32.2. The van der Waals surface area contributed by atoms with E-state index in [-0.39, 0.29) is 41.4 Å². The fraction of sp³-hybridized carbons (Fsp3) is 0.394. The fourth-order valence-corrected chi connectivity index (χ4v) is 7.12. The summed E-state index contributed by atoms with van der Waals surface area (Å²) in [6, 6.07) is 17.6. The molecule has 9 nitrogen and oxygen atoms in total. The Bertz CT molecular complexity index is 1550. The third kappa shape index (κ3) is 7.32. The maximum atomic E-state index is 14.2. The van der Waals surface area contributed by atoms with Crippen LogP contribution >= 0.6 is 0 Å². The Hall–Kier alpha value is -4.12. The van der Waals surface area contributed by atoms with E-state index in [0.29, 0.717) is 18.8 Å². The second-order valence-corrected chi connectivity index (χ2v) is 12.9. The Balaban J connectivity index is 1.48. The number of fused-ring (bicyclic) bond motifs is 1. The molecule has 1 N–H and O–H groups in total. The normalized spacial score (nSPS) is 15.7. The van der Waals surface area contributed by atoms with Gasteiger partial charge in [-0.15, -0.1) is 0 Å². The molecular weight excluding hydrogens is 585 g/mol. The van der Waals surface area contributed by atoms with E-state index in [9.17, 15) is 22.4 Å². The van der Waals surface area contributed by atoms with Crippen molar-refractivity contribution in [3.63, 3.8) is 0 Å². The predicted molar refractivity (Wildman–Crippen MR) is 164 cm³/mol. The van der Waals surface area contributed by atoms with Crippen LogP contribution in [0.3, 0.4) is 0 Å². The number of hydrogen-bond acceptors (Lipinski definition) is 6. The van der Waals surface area contributed by atoms with Crippen molar-refractivity contribution >= 4 is 27.5 Å². The molecule has 1 saturated carbocycles. The molecule has 1 aliphatic heterocycles. The van der Waals surface area contributed by atoms with E-state index in [0.717, 1.165) is 54.1 Å². The minimum atomic E-state index is -4.35. The van der Waals surface area contributed by atoms with Crippen LogP contribution in [0.4, 0.5) is 10.1 Å². The van der Waals surface area contributed by atoms with Gasteiger partial charge in [0.2, 0.25) is 11.8 Å². The number of nitrogens with zero attached hydrogens (tertiary/aromatic N) is 2. The van der Waals surface area contributed by atoms with Gasteiger partial charge in [0.15, 0.2) is 11.5 Å². The van der Waals surface area contributed by atoms with Crippen LogP contribution in [0.15, 0.2) is 77.7 Å². The molecule has 1 fully saturated rings. The van der Waals surface area contributed by atoms with Gasteiger partial charge in [0.05, 0.1) is 10.6 Å². The van der Waals surface area contributed by atoms with Gasteiger partial charge >= 0.3 is 0 Å². The summed E-state index contributed by atoms with van der Waals surface area (Å²) in [5.74, 6) is -0.674. The second-order valence-electron chi connectivity index (χ2n) is 11.1. The van der Waals surface area contributed by atoms with Gasteiger partial charge < -0.3 is 19.7 Å². The Labute approximate surface area is 258 Å². The van der Waals surface area contributed by atoms with E-state index in [1.54, 1.807) is 0 Å². The van der Waals surface area contributed by atoms with Crippen LogP contribution in [0.2, 0.25) is 0 Å². The number of rotatable bonds is 11. The van der Waals surface area contributed by atoms with E-state index < -0.39 is 34.3 Å². The van der Waals surface area contributed by atoms with Crippen molar-refractivity contribution in [1.29, 1.82) is 0 Å². The third-order valence-corrected chi connectivity index (χ3v) is 9.80. The SMILES string of the molecule is CC[C@H](C(=O)NC1CCCCC1)N(Cc1ccccc1)C(=O)CN(c1ccc(F)cc1)S(=O)(=O)c1ccc2c(c1)OCCO2. The van der Waals surface area contributed by atoms with Crippen LogP contribution in [0, 0.1) is 5.82 Å². The molecule has 234 valence electrons. The number of amides is 2. The molecule has 0 radical (unpaired) electrons. The summed E-state index contributed by atoms with van der Waals surface area (Å²) in [5, 5.41) is 3.14. The molecule has 5 rings (SSSR count). The summed E-state index contributed by atoms with van der Waals surface area (Å²) in [6.45, 7) is 1.95. The van der Waals surface area contributed by atoms with E-state index >= 15 is 0 Å². The lowest BCUT2D eigenvalue weighted by atomic mass is 9.95. The van der Waals surface area contributed by atoms with Gasteiger partial charge in [0, 0.05) is 18.7 Å². The summed E-state index contributed by atoms with van der Waals surface area (Å²) in [5.41, 5.74) is 0.904. The van der Waals surface area contributed by atoms with Gasteiger partial charge in [-0.3, -0.25) is 13.9 Å². The smallest absolute Gasteiger partial charge is 0.264 e. The van der Waals surface area contributed by atoms with Crippen LogP contribution in [0.25, 0.3) is 0 Å². The molecule has 0 saturated heterocycles. The highest BCUT2D eigenvalue weighted by Crippen LogP contribution is 2.34. The summed E-state index contributed by atoms with van der Waals surface area (Å²) in [7, 11) is -4.35. The monoisotopic (exact) mass is 623 g/mol. The Morgan fingerprint density at radius 3 is 2.30 bits per heavy atom. The number of ether oxygens (including phenoxy) is 2. The zero-order valence-corrected chi connectivity index (χ0v) is 25.6. The number of benzene rings is 3. The largest absolute Gasteiger partial charge is 0.486 e. The first-order chi connectivity index (χ1) is 21.3. The molecule has 44 heavy (non-hydrogen) atoms. The minimum absolute atomic E-state index is 0.0466. The van der Waals surface area contributed by atoms with E-state index in [2.05, 4.69) is 5.32 Å². The molecule has 1 aliphatic carbocycles. The summed E-state index contributed by atoms with van der Waals surface area (Å²) in [4.78, 5) is 29.2. The van der Waals surface area contributed by atoms with Crippen LogP contribution in [0.5, 0.6) is 11.5 Å². The maximum Gasteiger partial charge on any atom is 0.264 e. The van der Waals surface area contributed by atoms with Crippen LogP contribution in [-0.2, 0) is 26.2 Å². The van der Waals surface area contributed by atoms with Gasteiger partial charge in [0.25, 0.3) is 10.0 Å². The van der Waals surface area contributed by atoms with Crippen molar-refractivity contribution < 1.29 is 31.9 Å². The molecule has 1 atom stereocenters. The molecule has 0 unspecified atom stereocenters. The quantitative estimate of drug-likeness (QED) is 0.321. The Morgan fingerprint density at radius 1 is 0.932 bits per heavy atom. The number of nitrogens with one attached hydrogen (secondary N) is 1. The highest BCUT2D eigenvalue weighted by molar-refractivity contribution is 7.92. The number of carbonyl (C=O) groups is 2. The van der Waals surface area contributed by atoms with Crippen molar-refractivity contribution in [2.24, 2.45) is 0 Å². The molecule has 2 amide bonds. The van der Waals surface area contributed by atoms with Gasteiger partial charge in [-0.25, -0.2) is 12.8 Å². The standard InChI is InChI=1S/C33H38FN3O6S/c1-2-29(33(39)35-26-11-7-4-8-12-26)36(22-24-9-5-3-6-10-24)32(38)23-37(27-15-13-25(34)14-16-27)44(40,41)28-17-18-30-31(21-28)43-20-19-42-30/h3,5-6,9-10,13-18,21,26,29H,2,4,7-8,11-12,19-20,22-23H2,1H3,(H,35,39)/t29-/m1/s1. The average molecular weight is 624 g/mol. The number of carbonyl (C=O) groups excluding carboxylic acids is 2. The zero-order chi connectivity index (χ0) is 31.1. The molecule has 3 aromatic carbocycles. The lowest BCUT2D eigenvalue weighted by Gasteiger charge is -2.34. The van der Waals surface area contributed by atoms with Gasteiger partial charge in [-0.2, -0.15) is 0 Å². The summed E-state index contributed by atoms with van der Waals surface area (Å²) in [6.07, 6.45) is 5.33. The van der Waals surface area contributed by atoms with Crippen LogP contribution < -0.4 is 19.1 Å². The molecule has 3 aromatic rings. The highest BCUT2D eigenvalue weighted by Gasteiger charge is 2.35. The summed E-state index contributed by atoms with van der Waals surface area (Å²) >= 11 is 0. The molecular formula is C33H38FN3O6S. The Morgan fingerprint density at radius 2 is 1.61 bits per heavy atom. The first-order valence-corrected chi connectivity index (χ1v) is 16.5. The first-order valence-electron chi connectivity index (χ1n) is 15.1. The van der Waals surface area contributed by atoms with Crippen molar-refractivity contribution in [3.8, 4) is 11.5 Å². The summed E-state index contributed by atoms with van der Waals surface area (Å²) < 4.78 is 54.3. The fourth-order valence-electron chi connectivity index (χ4n) is 5.69. The van der Waals surface area contributed by atoms with Crippen molar-refractivity contribution in [2.75, 3.05) is 24.1 Å². The molecule has 0 spiro atoms. The topological polar surface area (TPSA) is 105 Å². The molecule has 0 bridgehead atoms. The average Bonchev–Trinajstić information content (AvgIpc) is 3.04. The first kappa shape index (κ1) is 31.3. The lowest BCUT2D eigenvalue weighted by molar-refractivity contribution is -0.140. The molecule has 1 heterocycles. The van der Waals surface area contributed by atoms with Crippen molar-refractivity contribution in [3.05, 3.63) is 84.2 Å². The van der Waals surface area contributed by atoms with Crippen LogP contribution in [0.1, 0.15) is 51.0 Å². The minimum Gasteiger partial charge on any atom is -0.486 e. The predicted octanol–water partition coefficient (Wildman–Crippen LogP) is 5.05. The van der Waals surface area contributed by atoms with E-state index in [1.807, 2.05) is 37.3 Å². The maximum absolute atomic E-state index is 14.2. The van der Waals surface area contributed by atoms with E-state index in [1.165, 1.54) is 35.2 Å². The van der Waals surface area contributed by atoms with Crippen LogP contribution in [-0.4, -0.2) is 57.0 Å². The molecule has 0 aromatic heterocycles. The number of anilines is 1. The lowest BCUT2D eigenvalue weighted by Crippen LogP contribution is -2.54. The molecule has 2 aliphatic rings. The van der Waals surface area contributed by atoms with Gasteiger partial charge in [-0.05, 0) is 61.2 Å². The second kappa shape index (κ2) is 14.1. The number of sulfonamides is 1. The Kier molecular flexibility index (Phi) is 10.0. The third-order valence-electron chi connectivity index (χ3n) is 8.03. The number of halogens is 1. The van der Waals surface area contributed by atoms with Gasteiger partial charge in [0.1, 0.15) is 31.6 Å². The molecule has 11 heteroatoms. The van der Waals surface area contributed by atoms with Crippen molar-refractivity contribution in [2.45, 2.75) is 69.0 Å². The van der Waals surface area contributed by atoms with E-state index in [4.69, 9.17) is 9.47 Å². The number of hydrogen-bond donors (Lipinski definition) is 1. The van der Waals surface area contributed by atoms with Crippen molar-refractivity contribution in [1.82, 2.24) is 10.2 Å². The zero-order valence-electron chi connectivity index (χ0n) is 24.8.